The number of benzene rings is 2. The summed E-state index contributed by atoms with van der Waals surface area (Å²) in [5, 5.41) is 11.5. The largest absolute Gasteiger partial charge is 0.378 e. The summed E-state index contributed by atoms with van der Waals surface area (Å²) < 4.78 is 19.6. The maximum atomic E-state index is 13.8. The van der Waals surface area contributed by atoms with Gasteiger partial charge in [-0.25, -0.2) is 0 Å². The quantitative estimate of drug-likeness (QED) is 0.679. The molecule has 0 aliphatic heterocycles. The zero-order chi connectivity index (χ0) is 19.3. The predicted octanol–water partition coefficient (Wildman–Crippen LogP) is 4.72. The summed E-state index contributed by atoms with van der Waals surface area (Å²) in [6, 6.07) is 14.8. The molecule has 2 aromatic rings. The molecule has 0 fully saturated rings. The molecule has 0 aromatic heterocycles. The zero-order valence-electron chi connectivity index (χ0n) is 16.3. The molecule has 2 atom stereocenters. The van der Waals surface area contributed by atoms with Crippen molar-refractivity contribution in [3.05, 3.63) is 59.7 Å². The van der Waals surface area contributed by atoms with E-state index < -0.39 is 13.2 Å². The van der Waals surface area contributed by atoms with E-state index in [1.807, 2.05) is 62.3 Å². The van der Waals surface area contributed by atoms with Crippen LogP contribution in [0.5, 0.6) is 0 Å². The van der Waals surface area contributed by atoms with Gasteiger partial charge in [0.1, 0.15) is 0 Å². The minimum absolute atomic E-state index is 0.354. The van der Waals surface area contributed by atoms with Gasteiger partial charge in [0.05, 0.1) is 6.61 Å². The highest BCUT2D eigenvalue weighted by Crippen LogP contribution is 2.57. The summed E-state index contributed by atoms with van der Waals surface area (Å²) >= 11 is 0. The molecule has 0 heterocycles. The van der Waals surface area contributed by atoms with E-state index in [9.17, 15) is 9.67 Å². The average Bonchev–Trinajstić information content (AvgIpc) is 2.61. The van der Waals surface area contributed by atoms with Crippen LogP contribution in [0.4, 0.5) is 5.69 Å². The molecule has 5 heteroatoms. The van der Waals surface area contributed by atoms with Gasteiger partial charge in [0.15, 0.2) is 5.85 Å². The lowest BCUT2D eigenvalue weighted by molar-refractivity contribution is 0.209. The van der Waals surface area contributed by atoms with Gasteiger partial charge in [0, 0.05) is 25.1 Å². The molecule has 0 saturated carbocycles. The second kappa shape index (κ2) is 8.85. The third-order valence-corrected chi connectivity index (χ3v) is 6.93. The van der Waals surface area contributed by atoms with E-state index in [2.05, 4.69) is 13.8 Å². The topological polar surface area (TPSA) is 49.8 Å². The van der Waals surface area contributed by atoms with Gasteiger partial charge >= 0.3 is 0 Å². The van der Waals surface area contributed by atoms with Crippen LogP contribution < -0.4 is 10.2 Å². The molecule has 142 valence electrons. The first-order valence-electron chi connectivity index (χ1n) is 9.01. The Morgan fingerprint density at radius 3 is 2.12 bits per heavy atom. The standard InChI is InChI=1S/C21H30NO3P/c1-16(2)14-15-25-26(24,20-12-10-19(11-13-20)22(4)5)21(23)18-8-6-17(3)7-9-18/h6-13,16,21,23H,14-15H2,1-5H3/t21-,26-/m0/s1. The van der Waals surface area contributed by atoms with Crippen molar-refractivity contribution in [2.45, 2.75) is 33.0 Å². The van der Waals surface area contributed by atoms with Crippen LogP contribution in [-0.2, 0) is 9.09 Å². The average molecular weight is 375 g/mol. The summed E-state index contributed by atoms with van der Waals surface area (Å²) in [6.45, 7) is 6.52. The number of nitrogens with zero attached hydrogens (tertiary/aromatic N) is 1. The number of aliphatic hydroxyl groups is 1. The normalized spacial score (nSPS) is 14.9. The van der Waals surface area contributed by atoms with Crippen molar-refractivity contribution in [2.75, 3.05) is 25.6 Å². The maximum Gasteiger partial charge on any atom is 0.264 e. The van der Waals surface area contributed by atoms with Crippen LogP contribution >= 0.6 is 7.37 Å². The minimum Gasteiger partial charge on any atom is -0.378 e. The number of aliphatic hydroxyl groups excluding tert-OH is 1. The fourth-order valence-corrected chi connectivity index (χ4v) is 4.68. The number of aryl methyl sites for hydroxylation is 1. The Morgan fingerprint density at radius 1 is 1.04 bits per heavy atom. The van der Waals surface area contributed by atoms with E-state index in [1.54, 1.807) is 12.1 Å². The van der Waals surface area contributed by atoms with Crippen LogP contribution in [0.3, 0.4) is 0 Å². The van der Waals surface area contributed by atoms with Crippen LogP contribution in [0.15, 0.2) is 48.5 Å². The summed E-state index contributed by atoms with van der Waals surface area (Å²) in [4.78, 5) is 1.98. The Morgan fingerprint density at radius 2 is 1.62 bits per heavy atom. The van der Waals surface area contributed by atoms with Gasteiger partial charge in [-0.1, -0.05) is 43.7 Å². The number of anilines is 1. The molecule has 0 amide bonds. The molecule has 0 spiro atoms. The molecule has 0 aliphatic carbocycles. The third kappa shape index (κ3) is 4.97. The molecule has 0 unspecified atom stereocenters. The SMILES string of the molecule is Cc1ccc([C@@H](O)[P@@](=O)(OCCC(C)C)c2ccc(N(C)C)cc2)cc1. The van der Waals surface area contributed by atoms with Crippen molar-refractivity contribution >= 4 is 18.4 Å². The van der Waals surface area contributed by atoms with Gasteiger partial charge in [0.2, 0.25) is 0 Å². The number of hydrogen-bond donors (Lipinski definition) is 1. The number of rotatable bonds is 8. The van der Waals surface area contributed by atoms with Gasteiger partial charge in [-0.15, -0.1) is 0 Å². The molecule has 0 saturated heterocycles. The molecule has 0 aliphatic rings. The Bertz CT molecular complexity index is 739. The molecule has 0 bridgehead atoms. The molecular formula is C21H30NO3P. The molecular weight excluding hydrogens is 345 g/mol. The van der Waals surface area contributed by atoms with Crippen LogP contribution in [0, 0.1) is 12.8 Å². The van der Waals surface area contributed by atoms with Crippen molar-refractivity contribution in [1.29, 1.82) is 0 Å². The van der Waals surface area contributed by atoms with E-state index in [0.29, 0.717) is 23.4 Å². The first-order valence-corrected chi connectivity index (χ1v) is 10.7. The lowest BCUT2D eigenvalue weighted by Crippen LogP contribution is -2.16. The van der Waals surface area contributed by atoms with Gasteiger partial charge < -0.3 is 14.5 Å². The third-order valence-electron chi connectivity index (χ3n) is 4.40. The van der Waals surface area contributed by atoms with Gasteiger partial charge in [-0.3, -0.25) is 4.57 Å². The van der Waals surface area contributed by atoms with E-state index in [1.165, 1.54) is 0 Å². The Balaban J connectivity index is 2.37. The van der Waals surface area contributed by atoms with Crippen molar-refractivity contribution in [3.63, 3.8) is 0 Å². The lowest BCUT2D eigenvalue weighted by atomic mass is 10.2. The van der Waals surface area contributed by atoms with Crippen molar-refractivity contribution in [1.82, 2.24) is 0 Å². The van der Waals surface area contributed by atoms with Crippen LogP contribution in [0.1, 0.15) is 37.2 Å². The molecule has 2 rings (SSSR count). The van der Waals surface area contributed by atoms with Gasteiger partial charge in [-0.2, -0.15) is 0 Å². The summed E-state index contributed by atoms with van der Waals surface area (Å²) in [5.74, 6) is -0.739. The molecule has 1 N–H and O–H groups in total. The smallest absolute Gasteiger partial charge is 0.264 e. The van der Waals surface area contributed by atoms with Gasteiger partial charge in [0.25, 0.3) is 7.37 Å². The van der Waals surface area contributed by atoms with Crippen LogP contribution in [0.2, 0.25) is 0 Å². The highest BCUT2D eigenvalue weighted by Gasteiger charge is 2.36. The highest BCUT2D eigenvalue weighted by atomic mass is 31.2. The van der Waals surface area contributed by atoms with E-state index in [4.69, 9.17) is 4.52 Å². The second-order valence-electron chi connectivity index (χ2n) is 7.31. The molecule has 2 aromatic carbocycles. The maximum absolute atomic E-state index is 13.8. The van der Waals surface area contributed by atoms with Crippen LogP contribution in [-0.4, -0.2) is 25.8 Å². The Kier molecular flexibility index (Phi) is 7.05. The fourth-order valence-electron chi connectivity index (χ4n) is 2.60. The monoisotopic (exact) mass is 375 g/mol. The molecule has 4 nitrogen and oxygen atoms in total. The fraction of sp³-hybridized carbons (Fsp3) is 0.429. The van der Waals surface area contributed by atoms with Crippen molar-refractivity contribution < 1.29 is 14.2 Å². The summed E-state index contributed by atoms with van der Waals surface area (Å²) in [6.07, 6.45) is 0.792. The predicted molar refractivity (Wildman–Crippen MR) is 110 cm³/mol. The molecule has 0 radical (unpaired) electrons. The first kappa shape index (κ1) is 20.7. The minimum atomic E-state index is -3.47. The van der Waals surface area contributed by atoms with Crippen LogP contribution in [0.25, 0.3) is 0 Å². The lowest BCUT2D eigenvalue weighted by Gasteiger charge is -2.25. The van der Waals surface area contributed by atoms with E-state index >= 15 is 0 Å². The second-order valence-corrected chi connectivity index (χ2v) is 9.77. The van der Waals surface area contributed by atoms with Gasteiger partial charge in [-0.05, 0) is 49.1 Å². The summed E-state index contributed by atoms with van der Waals surface area (Å²) in [7, 11) is 0.437. The highest BCUT2D eigenvalue weighted by molar-refractivity contribution is 7.67. The summed E-state index contributed by atoms with van der Waals surface area (Å²) in [5.41, 5.74) is 2.71. The number of hydrogen-bond acceptors (Lipinski definition) is 4. The van der Waals surface area contributed by atoms with E-state index in [-0.39, 0.29) is 0 Å². The first-order chi connectivity index (χ1) is 12.2. The van der Waals surface area contributed by atoms with Crippen molar-refractivity contribution in [3.8, 4) is 0 Å². The Hall–Kier alpha value is -1.61. The van der Waals surface area contributed by atoms with Crippen molar-refractivity contribution in [2.24, 2.45) is 5.92 Å². The van der Waals surface area contributed by atoms with E-state index in [0.717, 1.165) is 17.7 Å². The zero-order valence-corrected chi connectivity index (χ0v) is 17.2. The molecule has 26 heavy (non-hydrogen) atoms. The Labute approximate surface area is 157 Å².